The molecule has 7 nitrogen and oxygen atoms in total. The van der Waals surface area contributed by atoms with Crippen LogP contribution in [0.5, 0.6) is 17.2 Å². The van der Waals surface area contributed by atoms with Crippen LogP contribution < -0.4 is 24.8 Å². The van der Waals surface area contributed by atoms with Crippen LogP contribution in [0.1, 0.15) is 31.2 Å². The SMILES string of the molecule is COc1ccc(C[C@]2(CCC(=O)NC[C@H]3COc4ccccc4O3)CCC(=O)N2)c(F)c1. The Bertz CT molecular complexity index is 998. The number of ether oxygens (including phenoxy) is 3. The van der Waals surface area contributed by atoms with E-state index in [4.69, 9.17) is 14.2 Å². The van der Waals surface area contributed by atoms with Gasteiger partial charge in [-0.05, 0) is 43.0 Å². The highest BCUT2D eigenvalue weighted by Crippen LogP contribution is 2.32. The number of halogens is 1. The highest BCUT2D eigenvalue weighted by atomic mass is 19.1. The average molecular weight is 442 g/mol. The van der Waals surface area contributed by atoms with Gasteiger partial charge in [-0.15, -0.1) is 0 Å². The van der Waals surface area contributed by atoms with Crippen molar-refractivity contribution in [1.82, 2.24) is 10.6 Å². The minimum atomic E-state index is -0.646. The van der Waals surface area contributed by atoms with Crippen molar-refractivity contribution >= 4 is 11.8 Å². The number of para-hydroxylation sites is 2. The van der Waals surface area contributed by atoms with Gasteiger partial charge in [0.15, 0.2) is 11.5 Å². The van der Waals surface area contributed by atoms with Gasteiger partial charge < -0.3 is 24.8 Å². The second kappa shape index (κ2) is 9.46. The molecule has 1 fully saturated rings. The zero-order valence-electron chi connectivity index (χ0n) is 18.0. The number of carbonyl (C=O) groups excluding carboxylic acids is 2. The van der Waals surface area contributed by atoms with Crippen LogP contribution in [0.15, 0.2) is 42.5 Å². The molecule has 0 radical (unpaired) electrons. The minimum absolute atomic E-state index is 0.0780. The van der Waals surface area contributed by atoms with Crippen LogP contribution in [-0.4, -0.2) is 43.7 Å². The number of methoxy groups -OCH3 is 1. The zero-order chi connectivity index (χ0) is 22.6. The third-order valence-corrected chi connectivity index (χ3v) is 5.95. The van der Waals surface area contributed by atoms with Gasteiger partial charge in [-0.1, -0.05) is 18.2 Å². The van der Waals surface area contributed by atoms with Crippen molar-refractivity contribution in [3.05, 3.63) is 53.8 Å². The first-order valence-electron chi connectivity index (χ1n) is 10.7. The maximum atomic E-state index is 14.5. The Morgan fingerprint density at radius 1 is 1.28 bits per heavy atom. The number of amides is 2. The normalized spacial score (nSPS) is 21.7. The second-order valence-electron chi connectivity index (χ2n) is 8.26. The molecule has 8 heteroatoms. The smallest absolute Gasteiger partial charge is 0.220 e. The van der Waals surface area contributed by atoms with Crippen molar-refractivity contribution in [2.75, 3.05) is 20.3 Å². The van der Waals surface area contributed by atoms with E-state index in [1.807, 2.05) is 24.3 Å². The summed E-state index contributed by atoms with van der Waals surface area (Å²) in [6.07, 6.45) is 1.59. The lowest BCUT2D eigenvalue weighted by Crippen LogP contribution is -2.45. The largest absolute Gasteiger partial charge is 0.497 e. The third kappa shape index (κ3) is 5.12. The number of rotatable bonds is 8. The van der Waals surface area contributed by atoms with E-state index in [1.54, 1.807) is 12.1 Å². The predicted molar refractivity (Wildman–Crippen MR) is 115 cm³/mol. The zero-order valence-corrected chi connectivity index (χ0v) is 18.0. The third-order valence-electron chi connectivity index (χ3n) is 5.95. The molecule has 170 valence electrons. The van der Waals surface area contributed by atoms with Crippen molar-refractivity contribution in [3.63, 3.8) is 0 Å². The predicted octanol–water partition coefficient (Wildman–Crippen LogP) is 2.76. The number of carbonyl (C=O) groups is 2. The molecular weight excluding hydrogens is 415 g/mol. The molecule has 0 bridgehead atoms. The van der Waals surface area contributed by atoms with E-state index >= 15 is 0 Å². The molecule has 32 heavy (non-hydrogen) atoms. The molecule has 2 heterocycles. The molecule has 2 amide bonds. The Balaban J connectivity index is 1.32. The van der Waals surface area contributed by atoms with Gasteiger partial charge in [-0.2, -0.15) is 0 Å². The van der Waals surface area contributed by atoms with Gasteiger partial charge in [0.25, 0.3) is 0 Å². The first-order chi connectivity index (χ1) is 15.5. The molecule has 2 N–H and O–H groups in total. The average Bonchev–Trinajstić information content (AvgIpc) is 3.18. The van der Waals surface area contributed by atoms with Crippen LogP contribution in [-0.2, 0) is 16.0 Å². The summed E-state index contributed by atoms with van der Waals surface area (Å²) >= 11 is 0. The van der Waals surface area contributed by atoms with Crippen molar-refractivity contribution in [1.29, 1.82) is 0 Å². The molecule has 2 aromatic rings. The number of nitrogens with one attached hydrogen (secondary N) is 2. The fraction of sp³-hybridized carbons (Fsp3) is 0.417. The Morgan fingerprint density at radius 2 is 2.09 bits per heavy atom. The minimum Gasteiger partial charge on any atom is -0.497 e. The molecule has 2 aliphatic rings. The van der Waals surface area contributed by atoms with E-state index in [2.05, 4.69) is 10.6 Å². The van der Waals surface area contributed by atoms with Crippen LogP contribution in [0.2, 0.25) is 0 Å². The maximum Gasteiger partial charge on any atom is 0.220 e. The summed E-state index contributed by atoms with van der Waals surface area (Å²) in [6.45, 7) is 0.674. The van der Waals surface area contributed by atoms with Crippen molar-refractivity contribution < 1.29 is 28.2 Å². The van der Waals surface area contributed by atoms with Crippen LogP contribution in [0.25, 0.3) is 0 Å². The van der Waals surface area contributed by atoms with Gasteiger partial charge in [-0.25, -0.2) is 4.39 Å². The van der Waals surface area contributed by atoms with E-state index in [0.717, 1.165) is 0 Å². The first-order valence-corrected chi connectivity index (χ1v) is 10.7. The molecule has 0 aliphatic carbocycles. The van der Waals surface area contributed by atoms with Crippen molar-refractivity contribution in [2.24, 2.45) is 0 Å². The number of hydrogen-bond acceptors (Lipinski definition) is 5. The number of fused-ring (bicyclic) bond motifs is 1. The van der Waals surface area contributed by atoms with Crippen LogP contribution >= 0.6 is 0 Å². The lowest BCUT2D eigenvalue weighted by Gasteiger charge is -2.30. The molecule has 0 unspecified atom stereocenters. The summed E-state index contributed by atoms with van der Waals surface area (Å²) in [6, 6.07) is 12.1. The summed E-state index contributed by atoms with van der Waals surface area (Å²) < 4.78 is 31.1. The molecule has 0 aromatic heterocycles. The van der Waals surface area contributed by atoms with Gasteiger partial charge in [0.2, 0.25) is 11.8 Å². The van der Waals surface area contributed by atoms with Crippen LogP contribution in [0, 0.1) is 5.82 Å². The summed E-state index contributed by atoms with van der Waals surface area (Å²) in [7, 11) is 1.48. The van der Waals surface area contributed by atoms with E-state index in [9.17, 15) is 14.0 Å². The van der Waals surface area contributed by atoms with E-state index in [1.165, 1.54) is 13.2 Å². The fourth-order valence-electron chi connectivity index (χ4n) is 4.18. The van der Waals surface area contributed by atoms with E-state index < -0.39 is 5.54 Å². The molecule has 4 rings (SSSR count). The molecule has 0 saturated carbocycles. The quantitative estimate of drug-likeness (QED) is 0.657. The van der Waals surface area contributed by atoms with Gasteiger partial charge in [0, 0.05) is 24.4 Å². The Morgan fingerprint density at radius 3 is 2.81 bits per heavy atom. The van der Waals surface area contributed by atoms with Crippen molar-refractivity contribution in [2.45, 2.75) is 43.7 Å². The summed E-state index contributed by atoms with van der Waals surface area (Å²) in [5.41, 5.74) is -0.160. The molecule has 2 aliphatic heterocycles. The van der Waals surface area contributed by atoms with Gasteiger partial charge in [0.1, 0.15) is 24.3 Å². The van der Waals surface area contributed by atoms with E-state index in [-0.39, 0.29) is 30.2 Å². The summed E-state index contributed by atoms with van der Waals surface area (Å²) in [5, 5.41) is 5.86. The van der Waals surface area contributed by atoms with Gasteiger partial charge >= 0.3 is 0 Å². The monoisotopic (exact) mass is 442 g/mol. The fourth-order valence-corrected chi connectivity index (χ4v) is 4.18. The topological polar surface area (TPSA) is 85.9 Å². The Hall–Kier alpha value is -3.29. The number of hydrogen-bond donors (Lipinski definition) is 2. The standard InChI is InChI=1S/C24H27FN2O5/c1-30-17-7-6-16(19(25)12-17)13-24(11-9-23(29)27-24)10-8-22(28)26-14-18-15-31-20-4-2-3-5-21(20)32-18/h2-7,12,18H,8-11,13-15H2,1H3,(H,26,28)(H,27,29)/t18-,24-/m0/s1. The van der Waals surface area contributed by atoms with Crippen LogP contribution in [0.3, 0.4) is 0 Å². The van der Waals surface area contributed by atoms with Gasteiger partial charge in [-0.3, -0.25) is 9.59 Å². The second-order valence-corrected chi connectivity index (χ2v) is 8.26. The van der Waals surface area contributed by atoms with E-state index in [0.29, 0.717) is 61.6 Å². The highest BCUT2D eigenvalue weighted by molar-refractivity contribution is 5.80. The van der Waals surface area contributed by atoms with Crippen molar-refractivity contribution in [3.8, 4) is 17.2 Å². The molecular formula is C24H27FN2O5. The van der Waals surface area contributed by atoms with Crippen LogP contribution in [0.4, 0.5) is 4.39 Å². The Kier molecular flexibility index (Phi) is 6.48. The molecule has 2 atom stereocenters. The lowest BCUT2D eigenvalue weighted by atomic mass is 9.84. The highest BCUT2D eigenvalue weighted by Gasteiger charge is 2.38. The molecule has 1 saturated heterocycles. The first kappa shape index (κ1) is 21.9. The lowest BCUT2D eigenvalue weighted by molar-refractivity contribution is -0.123. The van der Waals surface area contributed by atoms with Gasteiger partial charge in [0.05, 0.1) is 13.7 Å². The molecule has 0 spiro atoms. The number of benzene rings is 2. The molecule has 2 aromatic carbocycles. The Labute approximate surface area is 186 Å². The summed E-state index contributed by atoms with van der Waals surface area (Å²) in [5.74, 6) is 1.18. The maximum absolute atomic E-state index is 14.5. The summed E-state index contributed by atoms with van der Waals surface area (Å²) in [4.78, 5) is 24.5.